The molecule has 41 heavy (non-hydrogen) atoms. The number of halogens is 2. The summed E-state index contributed by atoms with van der Waals surface area (Å²) in [6.07, 6.45) is 7.81. The van der Waals surface area contributed by atoms with Crippen molar-refractivity contribution in [2.75, 3.05) is 43.0 Å². The largest absolute Gasteiger partial charge is 0.445 e. The third-order valence-electron chi connectivity index (χ3n) is 8.42. The van der Waals surface area contributed by atoms with Gasteiger partial charge in [-0.1, -0.05) is 62.4 Å². The Morgan fingerprint density at radius 3 is 2.63 bits per heavy atom. The van der Waals surface area contributed by atoms with E-state index in [1.807, 2.05) is 35.2 Å². The van der Waals surface area contributed by atoms with Gasteiger partial charge in [-0.3, -0.25) is 20.5 Å². The van der Waals surface area contributed by atoms with E-state index in [-0.39, 0.29) is 36.0 Å². The predicted molar refractivity (Wildman–Crippen MR) is 155 cm³/mol. The number of carbonyl (C=O) groups is 2. The van der Waals surface area contributed by atoms with Crippen LogP contribution in [0.25, 0.3) is 0 Å². The molecule has 0 radical (unpaired) electrons. The fourth-order valence-corrected chi connectivity index (χ4v) is 6.35. The number of nitrogens with zero attached hydrogens (tertiary/aromatic N) is 4. The van der Waals surface area contributed by atoms with E-state index >= 15 is 4.39 Å². The molecule has 3 heterocycles. The number of hydrogen-bond donors (Lipinski definition) is 3. The first-order chi connectivity index (χ1) is 20.0. The molecule has 5 rings (SSSR count). The molecule has 0 spiro atoms. The molecule has 1 unspecified atom stereocenters. The van der Waals surface area contributed by atoms with E-state index in [2.05, 4.69) is 31.0 Å². The Kier molecular flexibility index (Phi) is 10.1. The Balaban J connectivity index is 1.19. The standard InChI is InChI=1S/C29H39ClFN7O3/c30-28-33-25(24(31)26(34-28)38-15-14-37-13-7-6-12-23(37)18-38)35-36-27(39)22(16-20-8-4-5-9-20)17-32-29(40)41-19-21-10-2-1-3-11-21/h1-3,10-11,20,22-23H,4-9,12-19H2,(H,32,40)(H,36,39)(H,33,34,35)/t22-,23?/m1/s1. The molecule has 3 N–H and O–H groups in total. The number of nitrogens with one attached hydrogen (secondary N) is 3. The molecule has 2 aliphatic heterocycles. The van der Waals surface area contributed by atoms with Crippen LogP contribution >= 0.6 is 11.6 Å². The van der Waals surface area contributed by atoms with E-state index in [9.17, 15) is 9.59 Å². The highest BCUT2D eigenvalue weighted by molar-refractivity contribution is 6.28. The summed E-state index contributed by atoms with van der Waals surface area (Å²) in [5, 5.41) is 2.62. The highest BCUT2D eigenvalue weighted by atomic mass is 35.5. The van der Waals surface area contributed by atoms with Gasteiger partial charge in [-0.25, -0.2) is 4.79 Å². The number of piperidine rings is 1. The number of amides is 2. The minimum absolute atomic E-state index is 0.0988. The highest BCUT2D eigenvalue weighted by Crippen LogP contribution is 2.31. The summed E-state index contributed by atoms with van der Waals surface area (Å²) >= 11 is 6.19. The van der Waals surface area contributed by atoms with E-state index in [1.165, 1.54) is 12.8 Å². The summed E-state index contributed by atoms with van der Waals surface area (Å²) in [6.45, 7) is 3.47. The molecule has 2 amide bonds. The van der Waals surface area contributed by atoms with Crippen LogP contribution in [0.5, 0.6) is 0 Å². The first-order valence-electron chi connectivity index (χ1n) is 14.7. The van der Waals surface area contributed by atoms with Gasteiger partial charge in [-0.2, -0.15) is 14.4 Å². The van der Waals surface area contributed by atoms with E-state index in [0.717, 1.165) is 50.8 Å². The maximum absolute atomic E-state index is 15.6. The molecule has 0 bridgehead atoms. The minimum Gasteiger partial charge on any atom is -0.445 e. The van der Waals surface area contributed by atoms with Crippen molar-refractivity contribution < 1.29 is 18.7 Å². The molecule has 3 aliphatic rings. The van der Waals surface area contributed by atoms with Gasteiger partial charge in [0.2, 0.25) is 17.0 Å². The molecule has 1 saturated carbocycles. The number of hydrogen-bond acceptors (Lipinski definition) is 8. The fraction of sp³-hybridized carbons (Fsp3) is 0.586. The normalized spacial score (nSPS) is 20.2. The zero-order valence-corrected chi connectivity index (χ0v) is 24.0. The number of alkyl carbamates (subject to hydrolysis) is 1. The number of fused-ring (bicyclic) bond motifs is 1. The summed E-state index contributed by atoms with van der Waals surface area (Å²) in [5.74, 6) is -1.22. The van der Waals surface area contributed by atoms with Crippen molar-refractivity contribution >= 4 is 35.2 Å². The third-order valence-corrected chi connectivity index (χ3v) is 8.59. The molecule has 2 aromatic rings. The second-order valence-electron chi connectivity index (χ2n) is 11.3. The molecular formula is C29H39ClFN7O3. The molecule has 2 atom stereocenters. The van der Waals surface area contributed by atoms with Gasteiger partial charge in [-0.05, 0) is 48.9 Å². The Morgan fingerprint density at radius 1 is 1.05 bits per heavy atom. The molecule has 10 nitrogen and oxygen atoms in total. The van der Waals surface area contributed by atoms with Crippen LogP contribution in [0.15, 0.2) is 30.3 Å². The summed E-state index contributed by atoms with van der Waals surface area (Å²) < 4.78 is 20.9. The van der Waals surface area contributed by atoms with E-state index in [0.29, 0.717) is 31.5 Å². The van der Waals surface area contributed by atoms with Gasteiger partial charge in [0.15, 0.2) is 11.6 Å². The van der Waals surface area contributed by atoms with Crippen LogP contribution in [-0.4, -0.2) is 65.6 Å². The molecule has 3 fully saturated rings. The molecular weight excluding hydrogens is 549 g/mol. The molecule has 2 saturated heterocycles. The van der Waals surface area contributed by atoms with Gasteiger partial charge < -0.3 is 15.0 Å². The topological polar surface area (TPSA) is 112 Å². The lowest BCUT2D eigenvalue weighted by molar-refractivity contribution is -0.124. The molecule has 12 heteroatoms. The molecule has 222 valence electrons. The van der Waals surface area contributed by atoms with Crippen molar-refractivity contribution in [2.24, 2.45) is 11.8 Å². The number of piperazine rings is 1. The first kappa shape index (κ1) is 29.3. The summed E-state index contributed by atoms with van der Waals surface area (Å²) in [5.41, 5.74) is 6.11. The Morgan fingerprint density at radius 2 is 1.83 bits per heavy atom. The number of benzene rings is 1. The molecule has 1 aliphatic carbocycles. The summed E-state index contributed by atoms with van der Waals surface area (Å²) in [4.78, 5) is 38.2. The smallest absolute Gasteiger partial charge is 0.407 e. The fourth-order valence-electron chi connectivity index (χ4n) is 6.18. The van der Waals surface area contributed by atoms with E-state index < -0.39 is 17.8 Å². The number of hydrazine groups is 1. The number of aromatic nitrogens is 2. The summed E-state index contributed by atoms with van der Waals surface area (Å²) in [7, 11) is 0. The van der Waals surface area contributed by atoms with Crippen LogP contribution in [0.4, 0.5) is 20.8 Å². The molecule has 1 aromatic heterocycles. The van der Waals surface area contributed by atoms with Crippen molar-refractivity contribution in [1.82, 2.24) is 25.6 Å². The van der Waals surface area contributed by atoms with Crippen LogP contribution in [0.1, 0.15) is 56.9 Å². The zero-order valence-electron chi connectivity index (χ0n) is 23.3. The second kappa shape index (κ2) is 14.1. The average molecular weight is 588 g/mol. The van der Waals surface area contributed by atoms with Gasteiger partial charge in [0, 0.05) is 32.2 Å². The van der Waals surface area contributed by atoms with Crippen LogP contribution in [0.3, 0.4) is 0 Å². The summed E-state index contributed by atoms with van der Waals surface area (Å²) in [6, 6.07) is 9.75. The third kappa shape index (κ3) is 7.97. The highest BCUT2D eigenvalue weighted by Gasteiger charge is 2.32. The number of ether oxygens (including phenoxy) is 1. The monoisotopic (exact) mass is 587 g/mol. The second-order valence-corrected chi connectivity index (χ2v) is 11.6. The van der Waals surface area contributed by atoms with Gasteiger partial charge in [0.25, 0.3) is 0 Å². The van der Waals surface area contributed by atoms with Crippen molar-refractivity contribution in [1.29, 1.82) is 0 Å². The van der Waals surface area contributed by atoms with Crippen LogP contribution in [-0.2, 0) is 16.1 Å². The van der Waals surface area contributed by atoms with Gasteiger partial charge in [0.05, 0.1) is 5.92 Å². The van der Waals surface area contributed by atoms with Crippen molar-refractivity contribution in [3.63, 3.8) is 0 Å². The predicted octanol–water partition coefficient (Wildman–Crippen LogP) is 4.51. The number of carbonyl (C=O) groups excluding carboxylic acids is 2. The van der Waals surface area contributed by atoms with Crippen LogP contribution < -0.4 is 21.1 Å². The van der Waals surface area contributed by atoms with E-state index in [4.69, 9.17) is 16.3 Å². The molecule has 1 aromatic carbocycles. The zero-order chi connectivity index (χ0) is 28.6. The Bertz CT molecular complexity index is 1180. The van der Waals surface area contributed by atoms with Crippen molar-refractivity contribution in [3.05, 3.63) is 47.0 Å². The SMILES string of the molecule is O=C(NC[C@@H](CC1CCCC1)C(=O)NNc1nc(Cl)nc(N2CCN3CCCCC3C2)c1F)OCc1ccccc1. The number of anilines is 2. The van der Waals surface area contributed by atoms with Gasteiger partial charge >= 0.3 is 6.09 Å². The Labute approximate surface area is 245 Å². The lowest BCUT2D eigenvalue weighted by Gasteiger charge is -2.44. The average Bonchev–Trinajstić information content (AvgIpc) is 3.52. The van der Waals surface area contributed by atoms with Crippen molar-refractivity contribution in [2.45, 2.75) is 64.0 Å². The van der Waals surface area contributed by atoms with Gasteiger partial charge in [-0.15, -0.1) is 0 Å². The van der Waals surface area contributed by atoms with Crippen LogP contribution in [0.2, 0.25) is 5.28 Å². The lowest BCUT2D eigenvalue weighted by Crippen LogP contribution is -2.55. The first-order valence-corrected chi connectivity index (χ1v) is 15.1. The van der Waals surface area contributed by atoms with Crippen LogP contribution in [0, 0.1) is 17.7 Å². The Hall–Kier alpha value is -3.18. The maximum atomic E-state index is 15.6. The minimum atomic E-state index is -0.658. The van der Waals surface area contributed by atoms with Crippen molar-refractivity contribution in [3.8, 4) is 0 Å². The van der Waals surface area contributed by atoms with Gasteiger partial charge in [0.1, 0.15) is 6.61 Å². The quantitative estimate of drug-likeness (QED) is 0.275. The number of rotatable bonds is 10. The lowest BCUT2D eigenvalue weighted by atomic mass is 9.92. The maximum Gasteiger partial charge on any atom is 0.407 e. The van der Waals surface area contributed by atoms with E-state index in [1.54, 1.807) is 0 Å².